The van der Waals surface area contributed by atoms with Gasteiger partial charge in [0.05, 0.1) is 0 Å². The first-order chi connectivity index (χ1) is 7.59. The molecule has 0 aromatic heterocycles. The molecule has 1 saturated heterocycles. The second-order valence-electron chi connectivity index (χ2n) is 4.64. The molecule has 0 bridgehead atoms. The highest BCUT2D eigenvalue weighted by atomic mass is 16.7. The Bertz CT molecular complexity index is 300. The molecule has 90 valence electrons. The molecule has 0 aromatic carbocycles. The molecule has 2 amide bonds. The molecule has 16 heavy (non-hydrogen) atoms. The molecule has 2 fully saturated rings. The summed E-state index contributed by atoms with van der Waals surface area (Å²) in [5, 5.41) is 2.62. The highest BCUT2D eigenvalue weighted by Crippen LogP contribution is 2.29. The summed E-state index contributed by atoms with van der Waals surface area (Å²) in [5.74, 6) is -0.471. The third-order valence-electron chi connectivity index (χ3n) is 3.19. The second-order valence-corrected chi connectivity index (χ2v) is 4.64. The Morgan fingerprint density at radius 1 is 1.56 bits per heavy atom. The van der Waals surface area contributed by atoms with Crippen LogP contribution in [0.4, 0.5) is 0 Å². The fraction of sp³-hybridized carbons (Fsp3) is 0.800. The van der Waals surface area contributed by atoms with Crippen LogP contribution in [0.1, 0.15) is 32.1 Å². The maximum atomic E-state index is 11.7. The average Bonchev–Trinajstić information content (AvgIpc) is 2.77. The Kier molecular flexibility index (Phi) is 3.11. The van der Waals surface area contributed by atoms with Crippen molar-refractivity contribution in [2.24, 2.45) is 5.73 Å². The molecule has 0 radical (unpaired) electrons. The van der Waals surface area contributed by atoms with Crippen LogP contribution in [0.15, 0.2) is 0 Å². The van der Waals surface area contributed by atoms with Crippen LogP contribution >= 0.6 is 0 Å². The first-order valence-electron chi connectivity index (χ1n) is 5.59. The molecule has 1 heterocycles. The topological polar surface area (TPSA) is 93.5 Å². The summed E-state index contributed by atoms with van der Waals surface area (Å²) in [4.78, 5) is 27.5. The van der Waals surface area contributed by atoms with Crippen LogP contribution in [-0.4, -0.2) is 30.0 Å². The van der Waals surface area contributed by atoms with Crippen LogP contribution in [-0.2, 0) is 14.4 Å². The third kappa shape index (κ3) is 2.51. The Hall–Kier alpha value is -1.14. The predicted molar refractivity (Wildman–Crippen MR) is 56.0 cm³/mol. The summed E-state index contributed by atoms with van der Waals surface area (Å²) in [5.41, 5.74) is 7.89. The number of nitrogens with one attached hydrogen (secondary N) is 2. The molecule has 2 rings (SSSR count). The van der Waals surface area contributed by atoms with E-state index in [0.29, 0.717) is 0 Å². The average molecular weight is 227 g/mol. The molecule has 1 saturated carbocycles. The van der Waals surface area contributed by atoms with Crippen LogP contribution in [0.2, 0.25) is 0 Å². The number of carbonyl (C=O) groups excluding carboxylic acids is 2. The fourth-order valence-corrected chi connectivity index (χ4v) is 2.27. The van der Waals surface area contributed by atoms with Crippen molar-refractivity contribution in [3.8, 4) is 0 Å². The first-order valence-corrected chi connectivity index (χ1v) is 5.59. The number of carbonyl (C=O) groups is 2. The summed E-state index contributed by atoms with van der Waals surface area (Å²) in [7, 11) is 0. The molecule has 1 atom stereocenters. The Morgan fingerprint density at radius 2 is 2.25 bits per heavy atom. The van der Waals surface area contributed by atoms with Crippen molar-refractivity contribution in [2.45, 2.75) is 43.7 Å². The molecule has 0 aromatic rings. The van der Waals surface area contributed by atoms with Gasteiger partial charge >= 0.3 is 0 Å². The number of nitrogens with two attached hydrogens (primary N) is 1. The van der Waals surface area contributed by atoms with E-state index in [-0.39, 0.29) is 30.4 Å². The van der Waals surface area contributed by atoms with Gasteiger partial charge in [0.1, 0.15) is 12.6 Å². The van der Waals surface area contributed by atoms with E-state index in [9.17, 15) is 9.59 Å². The Balaban J connectivity index is 1.82. The van der Waals surface area contributed by atoms with E-state index in [2.05, 4.69) is 10.8 Å². The standard InChI is InChI=1S/C10H17N3O3/c11-10(3-1-2-4-10)5-8(14)12-7-6-16-13-9(7)15/h7H,1-6,11H2,(H,12,14)(H,13,15)/t7-/m1/s1. The van der Waals surface area contributed by atoms with E-state index < -0.39 is 6.04 Å². The van der Waals surface area contributed by atoms with Gasteiger partial charge < -0.3 is 11.1 Å². The van der Waals surface area contributed by atoms with E-state index in [1.54, 1.807) is 0 Å². The van der Waals surface area contributed by atoms with Crippen LogP contribution in [0.3, 0.4) is 0 Å². The molecular weight excluding hydrogens is 210 g/mol. The van der Waals surface area contributed by atoms with Crippen molar-refractivity contribution in [3.05, 3.63) is 0 Å². The number of hydroxylamine groups is 1. The smallest absolute Gasteiger partial charge is 0.268 e. The zero-order valence-corrected chi connectivity index (χ0v) is 9.12. The number of rotatable bonds is 3. The summed E-state index contributed by atoms with van der Waals surface area (Å²) in [6.45, 7) is 0.183. The second kappa shape index (κ2) is 4.39. The molecule has 6 heteroatoms. The van der Waals surface area contributed by atoms with Gasteiger partial charge in [-0.3, -0.25) is 14.4 Å². The number of hydrogen-bond donors (Lipinski definition) is 3. The zero-order valence-electron chi connectivity index (χ0n) is 9.12. The van der Waals surface area contributed by atoms with Crippen LogP contribution in [0, 0.1) is 0 Å². The van der Waals surface area contributed by atoms with Crippen LogP contribution in [0.5, 0.6) is 0 Å². The molecule has 4 N–H and O–H groups in total. The van der Waals surface area contributed by atoms with Gasteiger partial charge in [0, 0.05) is 12.0 Å². The molecule has 6 nitrogen and oxygen atoms in total. The van der Waals surface area contributed by atoms with Gasteiger partial charge in [-0.2, -0.15) is 0 Å². The lowest BCUT2D eigenvalue weighted by Gasteiger charge is -2.23. The van der Waals surface area contributed by atoms with Crippen molar-refractivity contribution in [3.63, 3.8) is 0 Å². The molecular formula is C10H17N3O3. The predicted octanol–water partition coefficient (Wildman–Crippen LogP) is -0.806. The van der Waals surface area contributed by atoms with Gasteiger partial charge in [-0.05, 0) is 12.8 Å². The molecule has 0 spiro atoms. The molecule has 1 aliphatic heterocycles. The Morgan fingerprint density at radius 3 is 2.81 bits per heavy atom. The number of hydrogen-bond acceptors (Lipinski definition) is 4. The maximum absolute atomic E-state index is 11.7. The number of amides is 2. The minimum Gasteiger partial charge on any atom is -0.342 e. The largest absolute Gasteiger partial charge is 0.342 e. The van der Waals surface area contributed by atoms with Gasteiger partial charge in [-0.25, -0.2) is 5.48 Å². The molecule has 1 aliphatic carbocycles. The van der Waals surface area contributed by atoms with Gasteiger partial charge in [0.2, 0.25) is 5.91 Å². The quantitative estimate of drug-likeness (QED) is 0.588. The van der Waals surface area contributed by atoms with Crippen molar-refractivity contribution in [1.29, 1.82) is 0 Å². The van der Waals surface area contributed by atoms with Gasteiger partial charge in [0.15, 0.2) is 0 Å². The van der Waals surface area contributed by atoms with E-state index in [1.807, 2.05) is 0 Å². The fourth-order valence-electron chi connectivity index (χ4n) is 2.27. The van der Waals surface area contributed by atoms with E-state index in [4.69, 9.17) is 10.6 Å². The third-order valence-corrected chi connectivity index (χ3v) is 3.19. The lowest BCUT2D eigenvalue weighted by Crippen LogP contribution is -2.47. The van der Waals surface area contributed by atoms with Crippen LogP contribution in [0.25, 0.3) is 0 Å². The van der Waals surface area contributed by atoms with Crippen molar-refractivity contribution in [1.82, 2.24) is 10.8 Å². The van der Waals surface area contributed by atoms with E-state index >= 15 is 0 Å². The highest BCUT2D eigenvalue weighted by Gasteiger charge is 2.34. The van der Waals surface area contributed by atoms with Gasteiger partial charge in [0.25, 0.3) is 5.91 Å². The van der Waals surface area contributed by atoms with Crippen molar-refractivity contribution in [2.75, 3.05) is 6.61 Å². The lowest BCUT2D eigenvalue weighted by atomic mass is 9.94. The van der Waals surface area contributed by atoms with E-state index in [0.717, 1.165) is 25.7 Å². The SMILES string of the molecule is NC1(CC(=O)N[C@@H]2CONC2=O)CCCC1. The van der Waals surface area contributed by atoms with Gasteiger partial charge in [-0.1, -0.05) is 12.8 Å². The minimum atomic E-state index is -0.572. The maximum Gasteiger partial charge on any atom is 0.268 e. The summed E-state index contributed by atoms with van der Waals surface area (Å²) in [6.07, 6.45) is 4.21. The minimum absolute atomic E-state index is 0.171. The first kappa shape index (κ1) is 11.3. The lowest BCUT2D eigenvalue weighted by molar-refractivity contribution is -0.129. The highest BCUT2D eigenvalue weighted by molar-refractivity contribution is 5.88. The van der Waals surface area contributed by atoms with Gasteiger partial charge in [-0.15, -0.1) is 0 Å². The molecule has 2 aliphatic rings. The summed E-state index contributed by atoms with van der Waals surface area (Å²) < 4.78 is 0. The summed E-state index contributed by atoms with van der Waals surface area (Å²) in [6, 6.07) is -0.572. The normalized spacial score (nSPS) is 27.8. The van der Waals surface area contributed by atoms with E-state index in [1.165, 1.54) is 0 Å². The van der Waals surface area contributed by atoms with Crippen molar-refractivity contribution >= 4 is 11.8 Å². The monoisotopic (exact) mass is 227 g/mol. The summed E-state index contributed by atoms with van der Waals surface area (Å²) >= 11 is 0. The zero-order chi connectivity index (χ0) is 11.6. The van der Waals surface area contributed by atoms with Crippen molar-refractivity contribution < 1.29 is 14.4 Å². The molecule has 0 unspecified atom stereocenters. The van der Waals surface area contributed by atoms with Crippen LogP contribution < -0.4 is 16.5 Å². The Labute approximate surface area is 93.8 Å².